The van der Waals surface area contributed by atoms with Gasteiger partial charge in [0, 0.05) is 11.9 Å². The van der Waals surface area contributed by atoms with Crippen LogP contribution in [0.5, 0.6) is 11.6 Å². The highest BCUT2D eigenvalue weighted by molar-refractivity contribution is 6.31. The van der Waals surface area contributed by atoms with Crippen LogP contribution in [0.4, 0.5) is 0 Å². The minimum Gasteiger partial charge on any atom is -0.436 e. The van der Waals surface area contributed by atoms with Crippen molar-refractivity contribution in [1.82, 2.24) is 15.4 Å². The first kappa shape index (κ1) is 16.9. The number of fused-ring (bicyclic) bond motifs is 1. The number of carbonyl (C=O) groups is 2. The average Bonchev–Trinajstić information content (AvgIpc) is 3.03. The number of halogens is 1. The van der Waals surface area contributed by atoms with Gasteiger partial charge in [-0.2, -0.15) is 0 Å². The smallest absolute Gasteiger partial charge is 0.364 e. The summed E-state index contributed by atoms with van der Waals surface area (Å²) >= 11 is 5.94. The van der Waals surface area contributed by atoms with Crippen molar-refractivity contribution in [1.29, 1.82) is 0 Å². The van der Waals surface area contributed by atoms with Crippen LogP contribution >= 0.6 is 11.6 Å². The second kappa shape index (κ2) is 6.88. The van der Waals surface area contributed by atoms with Crippen LogP contribution in [-0.4, -0.2) is 38.6 Å². The number of rotatable bonds is 5. The van der Waals surface area contributed by atoms with Gasteiger partial charge in [0.15, 0.2) is 5.78 Å². The number of aliphatic hydroxyl groups is 1. The number of benzene rings is 2. The van der Waals surface area contributed by atoms with Crippen molar-refractivity contribution < 1.29 is 24.2 Å². The zero-order chi connectivity index (χ0) is 18.0. The number of aromatic nitrogens is 3. The molecule has 1 unspecified atom stereocenters. The van der Waals surface area contributed by atoms with Crippen molar-refractivity contribution in [3.63, 3.8) is 0 Å². The fourth-order valence-electron chi connectivity index (χ4n) is 2.04. The monoisotopic (exact) mass is 361 g/mol. The van der Waals surface area contributed by atoms with Crippen LogP contribution in [-0.2, 0) is 9.53 Å². The Balaban J connectivity index is 1.82. The molecule has 0 aliphatic rings. The Morgan fingerprint density at radius 3 is 2.68 bits per heavy atom. The normalized spacial score (nSPS) is 12.0. The molecule has 2 N–H and O–H groups in total. The van der Waals surface area contributed by atoms with E-state index in [0.717, 1.165) is 17.7 Å². The summed E-state index contributed by atoms with van der Waals surface area (Å²) in [5.41, 5.74) is -0.225. The summed E-state index contributed by atoms with van der Waals surface area (Å²) in [5.74, 6) is -1.47. The number of Topliss-reactive ketones (excluding diaryl/α,β-unsaturated/α-hetero) is 1. The summed E-state index contributed by atoms with van der Waals surface area (Å²) in [7, 11) is 0. The number of hydrogen-bond acceptors (Lipinski definition) is 7. The Hall–Kier alpha value is -2.97. The Kier molecular flexibility index (Phi) is 4.64. The molecule has 0 saturated heterocycles. The lowest BCUT2D eigenvalue weighted by Gasteiger charge is -2.09. The Morgan fingerprint density at radius 1 is 1.20 bits per heavy atom. The molecule has 0 aliphatic heterocycles. The third-order valence-corrected chi connectivity index (χ3v) is 3.51. The summed E-state index contributed by atoms with van der Waals surface area (Å²) in [6.07, 6.45) is -1.87. The molecule has 128 valence electrons. The largest absolute Gasteiger partial charge is 0.436 e. The maximum Gasteiger partial charge on any atom is 0.364 e. The molecule has 0 aliphatic carbocycles. The van der Waals surface area contributed by atoms with Gasteiger partial charge in [0.25, 0.3) is 12.2 Å². The summed E-state index contributed by atoms with van der Waals surface area (Å²) in [6.45, 7) is 1.09. The van der Waals surface area contributed by atoms with E-state index in [0.29, 0.717) is 10.8 Å². The van der Waals surface area contributed by atoms with Gasteiger partial charge in [-0.15, -0.1) is 0 Å². The highest BCUT2D eigenvalue weighted by atomic mass is 35.5. The molecule has 0 radical (unpaired) electrons. The minimum absolute atomic E-state index is 0.144. The lowest BCUT2D eigenvalue weighted by atomic mass is 10.1. The number of ketones is 1. The molecular weight excluding hydrogens is 350 g/mol. The van der Waals surface area contributed by atoms with Crippen LogP contribution in [0.15, 0.2) is 36.4 Å². The van der Waals surface area contributed by atoms with E-state index in [-0.39, 0.29) is 11.6 Å². The van der Waals surface area contributed by atoms with Gasteiger partial charge in [-0.3, -0.25) is 4.79 Å². The maximum atomic E-state index is 11.9. The highest BCUT2D eigenvalue weighted by Crippen LogP contribution is 2.27. The topological polar surface area (TPSA) is 114 Å². The SMILES string of the molecule is CC(=O)C(O)OC(=O)c1[nH]nnc1Oc1ccc2cc(Cl)ccc2c1. The van der Waals surface area contributed by atoms with Crippen LogP contribution in [0.1, 0.15) is 17.4 Å². The summed E-state index contributed by atoms with van der Waals surface area (Å²) < 4.78 is 10.1. The average molecular weight is 362 g/mol. The number of aliphatic hydroxyl groups excluding tert-OH is 1. The number of ether oxygens (including phenoxy) is 2. The molecule has 3 aromatic rings. The van der Waals surface area contributed by atoms with Crippen LogP contribution in [0.25, 0.3) is 10.8 Å². The van der Waals surface area contributed by atoms with Crippen molar-refractivity contribution in [2.24, 2.45) is 0 Å². The lowest BCUT2D eigenvalue weighted by molar-refractivity contribution is -0.144. The molecule has 1 heterocycles. The molecular formula is C16H12ClN3O5. The van der Waals surface area contributed by atoms with Gasteiger partial charge in [-0.25, -0.2) is 9.89 Å². The van der Waals surface area contributed by atoms with Gasteiger partial charge in [-0.05, 0) is 35.0 Å². The molecule has 0 saturated carbocycles. The summed E-state index contributed by atoms with van der Waals surface area (Å²) in [4.78, 5) is 22.9. The zero-order valence-corrected chi connectivity index (χ0v) is 13.6. The van der Waals surface area contributed by atoms with Crippen LogP contribution < -0.4 is 4.74 Å². The van der Waals surface area contributed by atoms with E-state index in [2.05, 4.69) is 20.1 Å². The molecule has 25 heavy (non-hydrogen) atoms. The second-order valence-electron chi connectivity index (χ2n) is 5.12. The van der Waals surface area contributed by atoms with Crippen molar-refractivity contribution in [3.05, 3.63) is 47.1 Å². The van der Waals surface area contributed by atoms with Gasteiger partial charge in [0.2, 0.25) is 5.69 Å². The number of nitrogens with zero attached hydrogens (tertiary/aromatic N) is 2. The number of hydrogen-bond donors (Lipinski definition) is 2. The van der Waals surface area contributed by atoms with Crippen LogP contribution in [0.3, 0.4) is 0 Å². The van der Waals surface area contributed by atoms with E-state index in [1.165, 1.54) is 0 Å². The molecule has 0 amide bonds. The maximum absolute atomic E-state index is 11.9. The number of H-pyrrole nitrogens is 1. The van der Waals surface area contributed by atoms with Crippen molar-refractivity contribution >= 4 is 34.1 Å². The first-order valence-corrected chi connectivity index (χ1v) is 7.49. The third kappa shape index (κ3) is 3.76. The molecule has 1 aromatic heterocycles. The van der Waals surface area contributed by atoms with Crippen molar-refractivity contribution in [2.45, 2.75) is 13.2 Å². The van der Waals surface area contributed by atoms with Gasteiger partial charge < -0.3 is 14.6 Å². The van der Waals surface area contributed by atoms with E-state index in [1.54, 1.807) is 24.3 Å². The van der Waals surface area contributed by atoms with Crippen molar-refractivity contribution in [2.75, 3.05) is 0 Å². The molecule has 0 fully saturated rings. The number of esters is 1. The van der Waals surface area contributed by atoms with Crippen LogP contribution in [0, 0.1) is 0 Å². The van der Waals surface area contributed by atoms with E-state index < -0.39 is 18.0 Å². The zero-order valence-electron chi connectivity index (χ0n) is 12.9. The van der Waals surface area contributed by atoms with Crippen LogP contribution in [0.2, 0.25) is 5.02 Å². The predicted molar refractivity (Wildman–Crippen MR) is 87.5 cm³/mol. The second-order valence-corrected chi connectivity index (χ2v) is 5.55. The van der Waals surface area contributed by atoms with E-state index in [9.17, 15) is 14.7 Å². The van der Waals surface area contributed by atoms with E-state index >= 15 is 0 Å². The fraction of sp³-hybridized carbons (Fsp3) is 0.125. The first-order valence-electron chi connectivity index (χ1n) is 7.12. The molecule has 0 spiro atoms. The fourth-order valence-corrected chi connectivity index (χ4v) is 2.22. The Morgan fingerprint density at radius 2 is 1.92 bits per heavy atom. The van der Waals surface area contributed by atoms with E-state index in [4.69, 9.17) is 16.3 Å². The van der Waals surface area contributed by atoms with Gasteiger partial charge >= 0.3 is 5.97 Å². The first-order chi connectivity index (χ1) is 11.9. The molecule has 3 rings (SSSR count). The summed E-state index contributed by atoms with van der Waals surface area (Å²) in [5, 5.41) is 21.2. The third-order valence-electron chi connectivity index (χ3n) is 3.28. The molecule has 0 bridgehead atoms. The lowest BCUT2D eigenvalue weighted by Crippen LogP contribution is -2.25. The predicted octanol–water partition coefficient (Wildman–Crippen LogP) is 2.47. The molecule has 8 nitrogen and oxygen atoms in total. The highest BCUT2D eigenvalue weighted by Gasteiger charge is 2.23. The van der Waals surface area contributed by atoms with Crippen molar-refractivity contribution in [3.8, 4) is 11.6 Å². The standard InChI is InChI=1S/C16H12ClN3O5/c1-8(21)15(22)25-16(23)13-14(19-20-18-13)24-12-5-3-9-6-11(17)4-2-10(9)7-12/h2-7,15,22H,1H3,(H,18,19,20). The molecule has 9 heteroatoms. The number of aromatic amines is 1. The van der Waals surface area contributed by atoms with Gasteiger partial charge in [0.05, 0.1) is 0 Å². The summed E-state index contributed by atoms with van der Waals surface area (Å²) in [6, 6.07) is 10.6. The number of carbonyl (C=O) groups excluding carboxylic acids is 2. The Labute approximate surface area is 146 Å². The van der Waals surface area contributed by atoms with Gasteiger partial charge in [-0.1, -0.05) is 34.0 Å². The number of nitrogens with one attached hydrogen (secondary N) is 1. The molecule has 1 atom stereocenters. The van der Waals surface area contributed by atoms with E-state index in [1.807, 2.05) is 12.1 Å². The van der Waals surface area contributed by atoms with Gasteiger partial charge in [0.1, 0.15) is 5.75 Å². The Bertz CT molecular complexity index is 956. The molecule has 2 aromatic carbocycles. The minimum atomic E-state index is -1.87. The quantitative estimate of drug-likeness (QED) is 0.530.